The van der Waals surface area contributed by atoms with Gasteiger partial charge in [-0.3, -0.25) is 0 Å². The zero-order valence-corrected chi connectivity index (χ0v) is 74.8. The molecule has 10 nitrogen and oxygen atoms in total. The molecule has 0 saturated heterocycles. The minimum atomic E-state index is -0.643. The SMILES string of the molecule is N#Cc1ccc(-c2cc(-c3cccc4c3Oc3ccccc3C4(c3ccccc3)c3ccccc3)cc(-c3ccccc3)n2)cc1.N#Cc1ccc(-c2cc(-c3ccccc3)cc(-c3ccc4c(c3)Oc3ccccc3C4(c3ccccc3)c3ccccc3)n2)cc1.N#Cc1ccc(-c2cc(-c3ccccc3)nc(-c3ccc4c(c3)C(c3ccccc3)(c3ccccc3)c3ccccc3O4)n2)cc1. The van der Waals surface area contributed by atoms with Gasteiger partial charge in [0, 0.05) is 77.9 Å². The summed E-state index contributed by atoms with van der Waals surface area (Å²) in [4.78, 5) is 20.5. The van der Waals surface area contributed by atoms with Gasteiger partial charge in [-0.15, -0.1) is 0 Å². The van der Waals surface area contributed by atoms with Gasteiger partial charge in [-0.1, -0.05) is 394 Å². The second-order valence-electron chi connectivity index (χ2n) is 34.2. The highest BCUT2D eigenvalue weighted by molar-refractivity contribution is 5.86. The quantitative estimate of drug-likeness (QED) is 0.0970. The summed E-state index contributed by atoms with van der Waals surface area (Å²) in [7, 11) is 0. The van der Waals surface area contributed by atoms with E-state index in [1.165, 1.54) is 22.3 Å². The molecule has 0 saturated carbocycles. The molecule has 0 aliphatic carbocycles. The lowest BCUT2D eigenvalue weighted by Gasteiger charge is -2.42. The predicted molar refractivity (Wildman–Crippen MR) is 549 cm³/mol. The molecule has 0 unspecified atom stereocenters. The lowest BCUT2D eigenvalue weighted by Crippen LogP contribution is -2.34. The highest BCUT2D eigenvalue weighted by Gasteiger charge is 2.49. The van der Waals surface area contributed by atoms with Gasteiger partial charge < -0.3 is 14.2 Å². The van der Waals surface area contributed by atoms with Crippen molar-refractivity contribution in [1.82, 2.24) is 19.9 Å². The fourth-order valence-electron chi connectivity index (χ4n) is 20.0. The molecule has 3 aliphatic heterocycles. The van der Waals surface area contributed by atoms with Crippen molar-refractivity contribution in [3.05, 3.63) is 587 Å². The highest BCUT2D eigenvalue weighted by Crippen LogP contribution is 2.61. The van der Waals surface area contributed by atoms with Gasteiger partial charge >= 0.3 is 0 Å². The Morgan fingerprint density at radius 1 is 0.174 bits per heavy atom. The van der Waals surface area contributed by atoms with Crippen LogP contribution in [0.4, 0.5) is 0 Å². The van der Waals surface area contributed by atoms with Gasteiger partial charge in [0.05, 0.1) is 85.3 Å². The van der Waals surface area contributed by atoms with E-state index in [4.69, 9.17) is 34.1 Å². The number of fused-ring (bicyclic) bond motifs is 6. The molecule has 3 aliphatic rings. The van der Waals surface area contributed by atoms with E-state index in [1.54, 1.807) is 0 Å². The van der Waals surface area contributed by atoms with Crippen LogP contribution in [0.5, 0.6) is 34.5 Å². The van der Waals surface area contributed by atoms with Crippen molar-refractivity contribution in [3.63, 3.8) is 0 Å². The molecule has 0 fully saturated rings. The molecule has 10 heteroatoms. The molecule has 0 N–H and O–H groups in total. The van der Waals surface area contributed by atoms with Crippen molar-refractivity contribution in [2.75, 3.05) is 0 Å². The molecule has 18 aromatic carbocycles. The molecule has 0 amide bonds. The second-order valence-corrected chi connectivity index (χ2v) is 34.2. The highest BCUT2D eigenvalue weighted by atomic mass is 16.5. The minimum absolute atomic E-state index is 0.571. The summed E-state index contributed by atoms with van der Waals surface area (Å²) in [5.74, 6) is 5.53. The van der Waals surface area contributed by atoms with Crippen LogP contribution in [0.2, 0.25) is 0 Å². The van der Waals surface area contributed by atoms with Crippen LogP contribution >= 0.6 is 0 Å². The molecule has 0 spiro atoms. The normalized spacial score (nSPS) is 12.7. The first-order chi connectivity index (χ1) is 68.2. The van der Waals surface area contributed by atoms with E-state index < -0.39 is 16.2 Å². The first-order valence-electron chi connectivity index (χ1n) is 45.9. The Hall–Kier alpha value is -18.8. The third-order valence-corrected chi connectivity index (χ3v) is 26.4. The molecule has 0 bridgehead atoms. The fraction of sp³-hybridized carbons (Fsp3) is 0.0234. The van der Waals surface area contributed by atoms with Crippen LogP contribution in [0, 0.1) is 34.0 Å². The summed E-state index contributed by atoms with van der Waals surface area (Å²) in [5.41, 5.74) is 29.3. The average Bonchev–Trinajstić information content (AvgIpc) is 0.710. The van der Waals surface area contributed by atoms with E-state index in [0.717, 1.165) is 174 Å². The Balaban J connectivity index is 0.000000119. The summed E-state index contributed by atoms with van der Waals surface area (Å²) in [5, 5.41) is 28.1. The fourth-order valence-corrected chi connectivity index (χ4v) is 20.0. The van der Waals surface area contributed by atoms with Gasteiger partial charge in [0.25, 0.3) is 0 Å². The summed E-state index contributed by atoms with van der Waals surface area (Å²) >= 11 is 0. The van der Waals surface area contributed by atoms with Crippen molar-refractivity contribution in [2.45, 2.75) is 16.2 Å². The van der Waals surface area contributed by atoms with E-state index in [9.17, 15) is 15.8 Å². The van der Waals surface area contributed by atoms with Crippen LogP contribution in [0.25, 0.3) is 101 Å². The Morgan fingerprint density at radius 2 is 0.457 bits per heavy atom. The minimum Gasteiger partial charge on any atom is -0.457 e. The van der Waals surface area contributed by atoms with Gasteiger partial charge in [-0.25, -0.2) is 19.9 Å². The lowest BCUT2D eigenvalue weighted by atomic mass is 9.63. The van der Waals surface area contributed by atoms with Gasteiger partial charge in [-0.2, -0.15) is 15.8 Å². The van der Waals surface area contributed by atoms with Crippen molar-refractivity contribution < 1.29 is 14.2 Å². The standard InChI is InChI=1S/2C43H28N2O.C42H27N3O/c44-29-30-23-25-32(26-24-30)40-28-33(27-39(45-40)31-13-4-1-5-14-31)36-19-12-21-38-42(36)46-41-22-11-10-20-37(41)43(38,34-15-6-2-7-16-34)35-17-8-3-9-18-35;44-29-30-20-22-32(23-21-30)39-26-34(31-12-4-1-5-13-31)27-40(45-39)33-24-25-38-42(28-33)46-41-19-11-10-18-37(41)43(38,35-14-6-2-7-15-35)36-16-8-3-9-17-36;43-28-29-20-22-31(23-21-29)38-27-37(30-12-4-1-5-13-30)44-41(45-38)32-24-25-40-36(26-32)42(33-14-6-2-7-15-33,34-16-8-3-9-17-34)35-18-10-11-19-39(35)46-40/h2*1-28H;1-27H. The number of rotatable bonds is 15. The molecule has 24 rings (SSSR count). The number of para-hydroxylation sites is 4. The molecule has 0 atom stereocenters. The number of ether oxygens (including phenoxy) is 3. The Labute approximate surface area is 801 Å². The zero-order chi connectivity index (χ0) is 92.8. The van der Waals surface area contributed by atoms with Crippen LogP contribution in [-0.4, -0.2) is 19.9 Å². The number of aromatic nitrogens is 4. The Morgan fingerprint density at radius 3 is 0.855 bits per heavy atom. The molecule has 3 aromatic heterocycles. The largest absolute Gasteiger partial charge is 0.457 e. The van der Waals surface area contributed by atoms with Crippen molar-refractivity contribution in [3.8, 4) is 154 Å². The first-order valence-corrected chi connectivity index (χ1v) is 45.9. The monoisotopic (exact) mass is 1770 g/mol. The maximum absolute atomic E-state index is 9.39. The van der Waals surface area contributed by atoms with Crippen LogP contribution < -0.4 is 14.2 Å². The summed E-state index contributed by atoms with van der Waals surface area (Å²) < 4.78 is 20.3. The molecule has 21 aromatic rings. The second kappa shape index (κ2) is 37.1. The summed E-state index contributed by atoms with van der Waals surface area (Å²) in [6.45, 7) is 0. The van der Waals surface area contributed by atoms with Gasteiger partial charge in [0.2, 0.25) is 0 Å². The topological polar surface area (TPSA) is 151 Å². The third-order valence-electron chi connectivity index (χ3n) is 26.4. The summed E-state index contributed by atoms with van der Waals surface area (Å²) in [6.07, 6.45) is 0. The predicted octanol–water partition coefficient (Wildman–Crippen LogP) is 30.7. The molecule has 648 valence electrons. The van der Waals surface area contributed by atoms with E-state index in [1.807, 2.05) is 170 Å². The van der Waals surface area contributed by atoms with E-state index in [0.29, 0.717) is 22.5 Å². The van der Waals surface area contributed by atoms with E-state index in [-0.39, 0.29) is 0 Å². The number of nitrogens with zero attached hydrogens (tertiary/aromatic N) is 7. The number of hydrogen-bond acceptors (Lipinski definition) is 10. The van der Waals surface area contributed by atoms with E-state index in [2.05, 4.69) is 352 Å². The van der Waals surface area contributed by atoms with Crippen molar-refractivity contribution in [2.24, 2.45) is 0 Å². The Bertz CT molecular complexity index is 7990. The maximum Gasteiger partial charge on any atom is 0.160 e. The van der Waals surface area contributed by atoms with Gasteiger partial charge in [0.1, 0.15) is 34.5 Å². The average molecular weight is 1770 g/mol. The van der Waals surface area contributed by atoms with Gasteiger partial charge in [-0.05, 0) is 159 Å². The van der Waals surface area contributed by atoms with Crippen molar-refractivity contribution >= 4 is 0 Å². The zero-order valence-electron chi connectivity index (χ0n) is 74.8. The number of nitriles is 3. The maximum atomic E-state index is 9.39. The number of hydrogen-bond donors (Lipinski definition) is 0. The third kappa shape index (κ3) is 15.6. The molecular weight excluding hydrogens is 1680 g/mol. The lowest BCUT2D eigenvalue weighted by molar-refractivity contribution is 0.434. The van der Waals surface area contributed by atoms with Crippen LogP contribution in [-0.2, 0) is 16.2 Å². The van der Waals surface area contributed by atoms with Crippen LogP contribution in [0.3, 0.4) is 0 Å². The molecule has 6 heterocycles. The van der Waals surface area contributed by atoms with Crippen molar-refractivity contribution in [1.29, 1.82) is 15.8 Å². The first kappa shape index (κ1) is 84.7. The molecular formula is C128H83N7O3. The van der Waals surface area contributed by atoms with E-state index >= 15 is 0 Å². The molecule has 138 heavy (non-hydrogen) atoms. The Kier molecular flexibility index (Phi) is 22.8. The smallest absolute Gasteiger partial charge is 0.160 e. The van der Waals surface area contributed by atoms with Crippen LogP contribution in [0.1, 0.15) is 83.5 Å². The summed E-state index contributed by atoms with van der Waals surface area (Å²) in [6, 6.07) is 179. The van der Waals surface area contributed by atoms with Crippen LogP contribution in [0.15, 0.2) is 504 Å². The number of benzene rings is 18. The number of pyridine rings is 2. The van der Waals surface area contributed by atoms with Gasteiger partial charge in [0.15, 0.2) is 5.82 Å². The molecule has 0 radical (unpaired) electrons.